The molecule has 3 aromatic rings. The molecular weight excluding hydrogens is 474 g/mol. The number of phenolic OH excluding ortho intramolecular Hbond substituents is 1. The van der Waals surface area contributed by atoms with E-state index in [1.807, 2.05) is 26.0 Å². The van der Waals surface area contributed by atoms with Gasteiger partial charge in [0.2, 0.25) is 0 Å². The van der Waals surface area contributed by atoms with Crippen molar-refractivity contribution in [2.75, 3.05) is 0 Å². The fourth-order valence-corrected chi connectivity index (χ4v) is 4.01. The lowest BCUT2D eigenvalue weighted by atomic mass is 10.2. The lowest BCUT2D eigenvalue weighted by Gasteiger charge is -2.10. The Morgan fingerprint density at radius 2 is 1.70 bits per heavy atom. The highest BCUT2D eigenvalue weighted by Crippen LogP contribution is 2.30. The number of aromatic nitrogens is 1. The second-order valence-corrected chi connectivity index (χ2v) is 7.79. The van der Waals surface area contributed by atoms with Crippen LogP contribution in [-0.2, 0) is 0 Å². The number of hydrogen-bond acceptors (Lipinski definition) is 3. The van der Waals surface area contributed by atoms with E-state index in [1.54, 1.807) is 24.3 Å². The van der Waals surface area contributed by atoms with Crippen LogP contribution in [0.3, 0.4) is 0 Å². The molecule has 5 nitrogen and oxygen atoms in total. The van der Waals surface area contributed by atoms with Gasteiger partial charge in [0.15, 0.2) is 0 Å². The molecule has 0 aliphatic rings. The van der Waals surface area contributed by atoms with Crippen LogP contribution in [0.4, 0.5) is 0 Å². The molecule has 7 heteroatoms. The van der Waals surface area contributed by atoms with Gasteiger partial charge in [-0.15, -0.1) is 0 Å². The second kappa shape index (κ2) is 8.10. The van der Waals surface area contributed by atoms with Gasteiger partial charge in [0.1, 0.15) is 5.75 Å². The number of amides is 1. The molecule has 0 spiro atoms. The summed E-state index contributed by atoms with van der Waals surface area (Å²) >= 11 is 6.60. The molecule has 0 unspecified atom stereocenters. The first-order valence-corrected chi connectivity index (χ1v) is 9.72. The van der Waals surface area contributed by atoms with Crippen molar-refractivity contribution in [2.24, 2.45) is 5.10 Å². The average Bonchev–Trinajstić information content (AvgIpc) is 2.97. The van der Waals surface area contributed by atoms with Gasteiger partial charge < -0.3 is 9.67 Å². The van der Waals surface area contributed by atoms with E-state index in [0.717, 1.165) is 21.5 Å². The van der Waals surface area contributed by atoms with E-state index < -0.39 is 0 Å². The number of aromatic hydroxyl groups is 1. The zero-order valence-electron chi connectivity index (χ0n) is 14.7. The van der Waals surface area contributed by atoms with E-state index >= 15 is 0 Å². The first-order chi connectivity index (χ1) is 12.9. The number of nitrogens with zero attached hydrogens (tertiary/aromatic N) is 2. The zero-order valence-corrected chi connectivity index (χ0v) is 17.9. The smallest absolute Gasteiger partial charge is 0.271 e. The molecule has 0 saturated carbocycles. The summed E-state index contributed by atoms with van der Waals surface area (Å²) in [5.41, 5.74) is 6.71. The molecule has 1 amide bonds. The molecule has 0 aliphatic heterocycles. The number of benzene rings is 2. The van der Waals surface area contributed by atoms with Gasteiger partial charge in [-0.2, -0.15) is 5.10 Å². The van der Waals surface area contributed by atoms with Gasteiger partial charge in [-0.05, 0) is 78.3 Å². The van der Waals surface area contributed by atoms with E-state index in [0.29, 0.717) is 15.6 Å². The van der Waals surface area contributed by atoms with Gasteiger partial charge in [-0.25, -0.2) is 5.43 Å². The molecule has 0 bridgehead atoms. The summed E-state index contributed by atoms with van der Waals surface area (Å²) in [6.45, 7) is 4.08. The van der Waals surface area contributed by atoms with E-state index in [1.165, 1.54) is 6.21 Å². The van der Waals surface area contributed by atoms with Gasteiger partial charge in [0.05, 0.1) is 10.7 Å². The van der Waals surface area contributed by atoms with Crippen LogP contribution in [-0.4, -0.2) is 21.8 Å². The van der Waals surface area contributed by atoms with Crippen LogP contribution in [0.2, 0.25) is 0 Å². The Hall–Kier alpha value is -2.38. The summed E-state index contributed by atoms with van der Waals surface area (Å²) in [5, 5.41) is 13.9. The van der Waals surface area contributed by atoms with Crippen molar-refractivity contribution < 1.29 is 9.90 Å². The number of aryl methyl sites for hydroxylation is 2. The predicted octanol–water partition coefficient (Wildman–Crippen LogP) is 5.09. The fourth-order valence-electron chi connectivity index (χ4n) is 2.75. The third kappa shape index (κ3) is 4.31. The Balaban J connectivity index is 1.72. The van der Waals surface area contributed by atoms with Crippen molar-refractivity contribution in [3.05, 3.63) is 80.0 Å². The molecule has 138 valence electrons. The molecule has 0 aliphatic carbocycles. The Morgan fingerprint density at radius 1 is 1.07 bits per heavy atom. The highest BCUT2D eigenvalue weighted by atomic mass is 79.9. The molecular formula is C20H17Br2N3O2. The Bertz CT molecular complexity index is 1000. The minimum absolute atomic E-state index is 0.0537. The third-order valence-corrected chi connectivity index (χ3v) is 5.15. The van der Waals surface area contributed by atoms with Crippen molar-refractivity contribution in [3.8, 4) is 11.4 Å². The SMILES string of the molecule is Cc1ccc(C)n1-c1ccc(C(=O)N/N=C/c2cc(Br)cc(Br)c2O)cc1. The van der Waals surface area contributed by atoms with E-state index in [-0.39, 0.29) is 11.7 Å². The number of phenols is 1. The van der Waals surface area contributed by atoms with Gasteiger partial charge in [0.25, 0.3) is 5.91 Å². The van der Waals surface area contributed by atoms with Crippen molar-refractivity contribution in [2.45, 2.75) is 13.8 Å². The van der Waals surface area contributed by atoms with Gasteiger partial charge in [-0.3, -0.25) is 4.79 Å². The number of carbonyl (C=O) groups is 1. The van der Waals surface area contributed by atoms with Crippen molar-refractivity contribution in [3.63, 3.8) is 0 Å². The maximum atomic E-state index is 12.3. The Kier molecular flexibility index (Phi) is 5.82. The fraction of sp³-hybridized carbons (Fsp3) is 0.100. The Labute approximate surface area is 174 Å². The number of rotatable bonds is 4. The summed E-state index contributed by atoms with van der Waals surface area (Å²) in [4.78, 5) is 12.3. The van der Waals surface area contributed by atoms with Crippen LogP contribution >= 0.6 is 31.9 Å². The summed E-state index contributed by atoms with van der Waals surface area (Å²) < 4.78 is 3.44. The second-order valence-electron chi connectivity index (χ2n) is 6.02. The van der Waals surface area contributed by atoms with Crippen molar-refractivity contribution >= 4 is 44.0 Å². The topological polar surface area (TPSA) is 66.6 Å². The minimum Gasteiger partial charge on any atom is -0.506 e. The number of hydrogen-bond donors (Lipinski definition) is 2. The number of halogens is 2. The first-order valence-electron chi connectivity index (χ1n) is 8.13. The average molecular weight is 491 g/mol. The lowest BCUT2D eigenvalue weighted by Crippen LogP contribution is -2.17. The molecule has 0 fully saturated rings. The van der Waals surface area contributed by atoms with Crippen LogP contribution in [0.1, 0.15) is 27.3 Å². The quantitative estimate of drug-likeness (QED) is 0.395. The number of nitrogens with one attached hydrogen (secondary N) is 1. The molecule has 3 rings (SSSR count). The zero-order chi connectivity index (χ0) is 19.6. The lowest BCUT2D eigenvalue weighted by molar-refractivity contribution is 0.0955. The van der Waals surface area contributed by atoms with Crippen molar-refractivity contribution in [1.29, 1.82) is 0 Å². The molecule has 0 saturated heterocycles. The summed E-state index contributed by atoms with van der Waals surface area (Å²) in [6.07, 6.45) is 1.39. The largest absolute Gasteiger partial charge is 0.506 e. The van der Waals surface area contributed by atoms with Crippen LogP contribution < -0.4 is 5.43 Å². The maximum Gasteiger partial charge on any atom is 0.271 e. The predicted molar refractivity (Wildman–Crippen MR) is 114 cm³/mol. The van der Waals surface area contributed by atoms with E-state index in [9.17, 15) is 9.90 Å². The monoisotopic (exact) mass is 489 g/mol. The summed E-state index contributed by atoms with van der Waals surface area (Å²) in [6, 6.07) is 14.8. The summed E-state index contributed by atoms with van der Waals surface area (Å²) in [7, 11) is 0. The van der Waals surface area contributed by atoms with Crippen LogP contribution in [0, 0.1) is 13.8 Å². The minimum atomic E-state index is -0.327. The molecule has 27 heavy (non-hydrogen) atoms. The molecule has 2 aromatic carbocycles. The molecule has 2 N–H and O–H groups in total. The highest BCUT2D eigenvalue weighted by molar-refractivity contribution is 9.11. The standard InChI is InChI=1S/C20H17Br2N3O2/c1-12-3-4-13(2)25(12)17-7-5-14(6-8-17)20(27)24-23-11-15-9-16(21)10-18(22)19(15)26/h3-11,26H,1-2H3,(H,24,27)/b23-11+. The van der Waals surface area contributed by atoms with E-state index in [4.69, 9.17) is 0 Å². The van der Waals surface area contributed by atoms with Gasteiger partial charge in [0, 0.05) is 32.7 Å². The number of carbonyl (C=O) groups excluding carboxylic acids is 1. The highest BCUT2D eigenvalue weighted by Gasteiger charge is 2.08. The third-order valence-electron chi connectivity index (χ3n) is 4.09. The maximum absolute atomic E-state index is 12.3. The molecule has 1 heterocycles. The molecule has 0 atom stereocenters. The Morgan fingerprint density at radius 3 is 2.33 bits per heavy atom. The normalized spacial score (nSPS) is 11.1. The van der Waals surface area contributed by atoms with Gasteiger partial charge >= 0.3 is 0 Å². The van der Waals surface area contributed by atoms with E-state index in [2.05, 4.69) is 59.1 Å². The van der Waals surface area contributed by atoms with Crippen LogP contribution in [0.15, 0.2) is 62.6 Å². The van der Waals surface area contributed by atoms with Crippen molar-refractivity contribution in [1.82, 2.24) is 9.99 Å². The summed E-state index contributed by atoms with van der Waals surface area (Å²) in [5.74, 6) is -0.273. The molecule has 1 aromatic heterocycles. The van der Waals surface area contributed by atoms with Gasteiger partial charge in [-0.1, -0.05) is 15.9 Å². The van der Waals surface area contributed by atoms with Crippen LogP contribution in [0.5, 0.6) is 5.75 Å². The molecule has 0 radical (unpaired) electrons. The number of hydrazone groups is 1. The first kappa shape index (κ1) is 19.4. The van der Waals surface area contributed by atoms with Crippen LogP contribution in [0.25, 0.3) is 5.69 Å².